The smallest absolute Gasteiger partial charge is 0.270 e. The lowest BCUT2D eigenvalue weighted by atomic mass is 10.2. The number of nitrogen functional groups attached to an aromatic ring is 1. The third-order valence-electron chi connectivity index (χ3n) is 3.67. The van der Waals surface area contributed by atoms with Crippen LogP contribution >= 0.6 is 11.6 Å². The number of ether oxygens (including phenoxy) is 1. The minimum absolute atomic E-state index is 0.100. The van der Waals surface area contributed by atoms with E-state index in [1.807, 2.05) is 13.8 Å². The molecule has 8 nitrogen and oxygen atoms in total. The second kappa shape index (κ2) is 7.61. The lowest BCUT2D eigenvalue weighted by Crippen LogP contribution is -2.38. The van der Waals surface area contributed by atoms with Gasteiger partial charge < -0.3 is 10.5 Å². The number of allylic oxidation sites excluding steroid dienone is 2. The summed E-state index contributed by atoms with van der Waals surface area (Å²) in [5.41, 5.74) is 4.83. The molecule has 10 heteroatoms. The van der Waals surface area contributed by atoms with Gasteiger partial charge in [-0.1, -0.05) is 31.5 Å². The van der Waals surface area contributed by atoms with E-state index in [9.17, 15) is 8.42 Å². The first-order valence-corrected chi connectivity index (χ1v) is 10.1. The Morgan fingerprint density at radius 2 is 2.15 bits per heavy atom. The average Bonchev–Trinajstić information content (AvgIpc) is 3.08. The molecule has 1 aliphatic rings. The van der Waals surface area contributed by atoms with Crippen LogP contribution in [0, 0.1) is 5.92 Å². The molecule has 0 radical (unpaired) electrons. The van der Waals surface area contributed by atoms with E-state index >= 15 is 0 Å². The molecule has 3 heterocycles. The van der Waals surface area contributed by atoms with Crippen molar-refractivity contribution >= 4 is 33.3 Å². The number of pyridine rings is 1. The van der Waals surface area contributed by atoms with E-state index in [0.717, 1.165) is 4.31 Å². The van der Waals surface area contributed by atoms with Crippen LogP contribution < -0.4 is 10.5 Å². The van der Waals surface area contributed by atoms with Gasteiger partial charge in [-0.2, -0.15) is 0 Å². The van der Waals surface area contributed by atoms with E-state index in [2.05, 4.69) is 10.1 Å². The van der Waals surface area contributed by atoms with Gasteiger partial charge in [-0.05, 0) is 30.2 Å². The second-order valence-electron chi connectivity index (χ2n) is 6.27. The molecule has 1 unspecified atom stereocenters. The number of nitrogens with zero attached hydrogens (tertiary/aromatic N) is 4. The number of halogens is 1. The van der Waals surface area contributed by atoms with Crippen LogP contribution in [0.5, 0.6) is 5.88 Å². The van der Waals surface area contributed by atoms with Crippen LogP contribution in [-0.4, -0.2) is 39.6 Å². The molecule has 2 aromatic heterocycles. The van der Waals surface area contributed by atoms with Crippen LogP contribution in [0.4, 0.5) is 5.82 Å². The summed E-state index contributed by atoms with van der Waals surface area (Å²) < 4.78 is 34.4. The monoisotopic (exact) mass is 409 g/mol. The fourth-order valence-corrected chi connectivity index (χ4v) is 4.44. The highest BCUT2D eigenvalue weighted by Gasteiger charge is 2.35. The van der Waals surface area contributed by atoms with Crippen molar-refractivity contribution in [3.05, 3.63) is 48.8 Å². The van der Waals surface area contributed by atoms with Crippen molar-refractivity contribution in [3.8, 4) is 5.88 Å². The number of rotatable bonds is 6. The molecule has 0 amide bonds. The summed E-state index contributed by atoms with van der Waals surface area (Å²) in [4.78, 5) is 3.73. The van der Waals surface area contributed by atoms with Crippen molar-refractivity contribution in [2.45, 2.75) is 24.2 Å². The highest BCUT2D eigenvalue weighted by Crippen LogP contribution is 2.32. The molecule has 1 atom stereocenters. The van der Waals surface area contributed by atoms with Crippen molar-refractivity contribution < 1.29 is 13.2 Å². The minimum atomic E-state index is -4.06. The second-order valence-corrected chi connectivity index (χ2v) is 8.50. The van der Waals surface area contributed by atoms with Gasteiger partial charge in [0.2, 0.25) is 5.88 Å². The molecule has 0 fully saturated rings. The van der Waals surface area contributed by atoms with Gasteiger partial charge in [-0.3, -0.25) is 0 Å². The van der Waals surface area contributed by atoms with Crippen LogP contribution in [0.25, 0.3) is 5.82 Å². The van der Waals surface area contributed by atoms with E-state index in [1.165, 1.54) is 23.0 Å². The summed E-state index contributed by atoms with van der Waals surface area (Å²) in [5, 5.41) is 4.30. The van der Waals surface area contributed by atoms with Gasteiger partial charge in [-0.15, -0.1) is 5.10 Å². The standard InChI is InChI=1S/C17H20ClN5O3S/c1-12(2)11-26-15-8-10-22(21-15)16-7-3-6-14(18)23(16)27(24,25)13-5-4-9-20-17(13)19/h3-10,12,14H,11H2,1-2H3,(H2,19,20). The van der Waals surface area contributed by atoms with Gasteiger partial charge in [-0.25, -0.2) is 22.4 Å². The lowest BCUT2D eigenvalue weighted by molar-refractivity contribution is 0.259. The van der Waals surface area contributed by atoms with Crippen molar-refractivity contribution in [3.63, 3.8) is 0 Å². The van der Waals surface area contributed by atoms with Gasteiger partial charge in [0.25, 0.3) is 10.0 Å². The summed E-state index contributed by atoms with van der Waals surface area (Å²) in [7, 11) is -4.06. The lowest BCUT2D eigenvalue weighted by Gasteiger charge is -2.31. The van der Waals surface area contributed by atoms with E-state index < -0.39 is 15.5 Å². The highest BCUT2D eigenvalue weighted by molar-refractivity contribution is 7.89. The Hall–Kier alpha value is -2.52. The molecular formula is C17H20ClN5O3S. The van der Waals surface area contributed by atoms with Crippen LogP contribution in [0.3, 0.4) is 0 Å². The van der Waals surface area contributed by atoms with E-state index in [4.69, 9.17) is 22.1 Å². The molecule has 0 spiro atoms. The van der Waals surface area contributed by atoms with Crippen molar-refractivity contribution in [2.75, 3.05) is 12.3 Å². The van der Waals surface area contributed by atoms with Gasteiger partial charge in [0.05, 0.1) is 6.61 Å². The van der Waals surface area contributed by atoms with Crippen molar-refractivity contribution in [2.24, 2.45) is 5.92 Å². The maximum Gasteiger partial charge on any atom is 0.270 e. The van der Waals surface area contributed by atoms with Gasteiger partial charge in [0.1, 0.15) is 22.0 Å². The molecule has 1 aliphatic heterocycles. The Labute approximate surface area is 162 Å². The first-order valence-electron chi connectivity index (χ1n) is 8.27. The largest absolute Gasteiger partial charge is 0.476 e. The molecular weight excluding hydrogens is 390 g/mol. The Balaban J connectivity index is 1.98. The summed E-state index contributed by atoms with van der Waals surface area (Å²) in [6.45, 7) is 4.55. The number of aromatic nitrogens is 3. The van der Waals surface area contributed by atoms with Crippen LogP contribution in [0.2, 0.25) is 0 Å². The maximum absolute atomic E-state index is 13.2. The summed E-state index contributed by atoms with van der Waals surface area (Å²) >= 11 is 6.31. The average molecular weight is 410 g/mol. The van der Waals surface area contributed by atoms with E-state index in [0.29, 0.717) is 18.4 Å². The number of nitrogens with two attached hydrogens (primary N) is 1. The van der Waals surface area contributed by atoms with Crippen molar-refractivity contribution in [1.29, 1.82) is 0 Å². The predicted octanol–water partition coefficient (Wildman–Crippen LogP) is 2.52. The van der Waals surface area contributed by atoms with Crippen LogP contribution in [0.1, 0.15) is 13.8 Å². The first-order chi connectivity index (χ1) is 12.8. The molecule has 0 aliphatic carbocycles. The van der Waals surface area contributed by atoms with Crippen molar-refractivity contribution in [1.82, 2.24) is 19.1 Å². The first kappa shape index (κ1) is 19.2. The Morgan fingerprint density at radius 1 is 1.37 bits per heavy atom. The molecule has 0 saturated heterocycles. The predicted molar refractivity (Wildman–Crippen MR) is 103 cm³/mol. The fraction of sp³-hybridized carbons (Fsp3) is 0.294. The van der Waals surface area contributed by atoms with Gasteiger partial charge in [0.15, 0.2) is 0 Å². The Kier molecular flexibility index (Phi) is 5.43. The van der Waals surface area contributed by atoms with E-state index in [-0.39, 0.29) is 16.5 Å². The van der Waals surface area contributed by atoms with Gasteiger partial charge >= 0.3 is 0 Å². The third-order valence-corrected chi connectivity index (χ3v) is 5.96. The fourth-order valence-electron chi connectivity index (χ4n) is 2.44. The molecule has 144 valence electrons. The normalized spacial score (nSPS) is 17.3. The topological polar surface area (TPSA) is 103 Å². The summed E-state index contributed by atoms with van der Waals surface area (Å²) in [5.74, 6) is 0.880. The number of sulfonamides is 1. The maximum atomic E-state index is 13.2. The van der Waals surface area contributed by atoms with E-state index in [1.54, 1.807) is 30.5 Å². The zero-order valence-electron chi connectivity index (χ0n) is 14.9. The Morgan fingerprint density at radius 3 is 2.85 bits per heavy atom. The van der Waals surface area contributed by atoms with Crippen LogP contribution in [0.15, 0.2) is 53.7 Å². The zero-order chi connectivity index (χ0) is 19.6. The quantitative estimate of drug-likeness (QED) is 0.580. The number of hydrogen-bond donors (Lipinski definition) is 1. The zero-order valence-corrected chi connectivity index (χ0v) is 16.4. The molecule has 2 N–H and O–H groups in total. The molecule has 2 aromatic rings. The molecule has 27 heavy (non-hydrogen) atoms. The number of anilines is 1. The van der Waals surface area contributed by atoms with Gasteiger partial charge in [0, 0.05) is 18.5 Å². The molecule has 0 bridgehead atoms. The summed E-state index contributed by atoms with van der Waals surface area (Å²) in [6.07, 6.45) is 7.85. The highest BCUT2D eigenvalue weighted by atomic mass is 35.5. The number of alkyl halides is 1. The summed E-state index contributed by atoms with van der Waals surface area (Å²) in [6, 6.07) is 4.55. The minimum Gasteiger partial charge on any atom is -0.476 e. The van der Waals surface area contributed by atoms with Crippen LogP contribution in [-0.2, 0) is 10.0 Å². The number of hydrogen-bond acceptors (Lipinski definition) is 6. The molecule has 0 saturated carbocycles. The molecule has 3 rings (SSSR count). The SMILES string of the molecule is CC(C)COc1ccn(C2=CC=CC(Cl)N2S(=O)(=O)c2cccnc2N)n1. The Bertz CT molecular complexity index is 984. The molecule has 0 aromatic carbocycles. The third kappa shape index (κ3) is 3.93.